The predicted octanol–water partition coefficient (Wildman–Crippen LogP) is -0.0500. The average Bonchev–Trinajstić information content (AvgIpc) is 2.33. The fourth-order valence-corrected chi connectivity index (χ4v) is 0.828. The first-order valence-electron chi connectivity index (χ1n) is 3.39. The van der Waals surface area contributed by atoms with Crippen molar-refractivity contribution < 1.29 is 4.79 Å². The van der Waals surface area contributed by atoms with Crippen LogP contribution in [-0.4, -0.2) is 21.4 Å². The number of ketones is 1. The molecule has 0 fully saturated rings. The van der Waals surface area contributed by atoms with Gasteiger partial charge in [0.05, 0.1) is 18.6 Å². The Hall–Kier alpha value is -1.16. The van der Waals surface area contributed by atoms with E-state index in [0.29, 0.717) is 5.69 Å². The molecule has 1 unspecified atom stereocenters. The highest BCUT2D eigenvalue weighted by molar-refractivity contribution is 5.98. The Kier molecular flexibility index (Phi) is 2.05. The van der Waals surface area contributed by atoms with Gasteiger partial charge in [-0.2, -0.15) is 0 Å². The van der Waals surface area contributed by atoms with Crippen LogP contribution < -0.4 is 5.73 Å². The maximum atomic E-state index is 11.2. The van der Waals surface area contributed by atoms with Crippen LogP contribution in [0.1, 0.15) is 17.4 Å². The number of imidazole rings is 1. The fourth-order valence-electron chi connectivity index (χ4n) is 0.828. The fraction of sp³-hybridized carbons (Fsp3) is 0.429. The number of Topliss-reactive ketones (excluding diaryl/α,β-unsaturated/α-hetero) is 1. The summed E-state index contributed by atoms with van der Waals surface area (Å²) in [7, 11) is 1.77. The Labute approximate surface area is 65.0 Å². The summed E-state index contributed by atoms with van der Waals surface area (Å²) in [6.07, 6.45) is 3.10. The van der Waals surface area contributed by atoms with Crippen molar-refractivity contribution in [2.24, 2.45) is 12.8 Å². The number of hydrogen-bond donors (Lipinski definition) is 1. The van der Waals surface area contributed by atoms with Gasteiger partial charge in [0.25, 0.3) is 0 Å². The largest absolute Gasteiger partial charge is 0.331 e. The van der Waals surface area contributed by atoms with Gasteiger partial charge in [0.1, 0.15) is 5.69 Å². The van der Waals surface area contributed by atoms with Crippen LogP contribution in [0.25, 0.3) is 0 Å². The van der Waals surface area contributed by atoms with E-state index in [1.807, 2.05) is 0 Å². The van der Waals surface area contributed by atoms with E-state index in [-0.39, 0.29) is 5.78 Å². The molecule has 0 aliphatic rings. The second-order valence-corrected chi connectivity index (χ2v) is 2.54. The molecule has 60 valence electrons. The van der Waals surface area contributed by atoms with Crippen LogP contribution in [-0.2, 0) is 7.05 Å². The average molecular weight is 153 g/mol. The number of aryl methyl sites for hydroxylation is 1. The van der Waals surface area contributed by atoms with Crippen molar-refractivity contribution >= 4 is 5.78 Å². The zero-order chi connectivity index (χ0) is 8.43. The zero-order valence-electron chi connectivity index (χ0n) is 6.61. The normalized spacial score (nSPS) is 13.0. The molecule has 0 saturated heterocycles. The Morgan fingerprint density at radius 2 is 2.45 bits per heavy atom. The molecule has 0 aliphatic carbocycles. The molecule has 0 aromatic carbocycles. The minimum absolute atomic E-state index is 0.0787. The maximum Gasteiger partial charge on any atom is 0.197 e. The molecule has 1 atom stereocenters. The Balaban J connectivity index is 2.93. The number of hydrogen-bond acceptors (Lipinski definition) is 3. The second-order valence-electron chi connectivity index (χ2n) is 2.54. The summed E-state index contributed by atoms with van der Waals surface area (Å²) in [5.41, 5.74) is 5.96. The second kappa shape index (κ2) is 2.84. The van der Waals surface area contributed by atoms with Gasteiger partial charge in [-0.1, -0.05) is 0 Å². The van der Waals surface area contributed by atoms with Gasteiger partial charge in [-0.25, -0.2) is 4.98 Å². The summed E-state index contributed by atoms with van der Waals surface area (Å²) in [4.78, 5) is 15.1. The number of rotatable bonds is 2. The van der Waals surface area contributed by atoms with Crippen LogP contribution in [0, 0.1) is 0 Å². The molecular formula is C7H11N3O. The SMILES string of the molecule is CC(N)C(=O)c1cncn1C. The molecule has 4 heteroatoms. The van der Waals surface area contributed by atoms with E-state index in [1.165, 1.54) is 6.20 Å². The molecule has 4 nitrogen and oxygen atoms in total. The molecule has 1 aromatic rings. The first-order chi connectivity index (χ1) is 5.13. The minimum atomic E-state index is -0.453. The summed E-state index contributed by atoms with van der Waals surface area (Å²) in [6.45, 7) is 1.66. The minimum Gasteiger partial charge on any atom is -0.331 e. The highest BCUT2D eigenvalue weighted by Gasteiger charge is 2.13. The van der Waals surface area contributed by atoms with Crippen molar-refractivity contribution in [1.82, 2.24) is 9.55 Å². The lowest BCUT2D eigenvalue weighted by molar-refractivity contribution is 0.0960. The van der Waals surface area contributed by atoms with Gasteiger partial charge in [-0.05, 0) is 6.92 Å². The molecule has 0 aliphatic heterocycles. The molecule has 0 bridgehead atoms. The van der Waals surface area contributed by atoms with Crippen molar-refractivity contribution in [3.05, 3.63) is 18.2 Å². The number of aromatic nitrogens is 2. The van der Waals surface area contributed by atoms with E-state index >= 15 is 0 Å². The van der Waals surface area contributed by atoms with E-state index in [9.17, 15) is 4.79 Å². The standard InChI is InChI=1S/C7H11N3O/c1-5(8)7(11)6-3-9-4-10(6)2/h3-5H,8H2,1-2H3. The van der Waals surface area contributed by atoms with E-state index < -0.39 is 6.04 Å². The highest BCUT2D eigenvalue weighted by Crippen LogP contribution is 1.99. The van der Waals surface area contributed by atoms with Gasteiger partial charge in [0.2, 0.25) is 0 Å². The first kappa shape index (κ1) is 7.94. The third-order valence-corrected chi connectivity index (χ3v) is 1.48. The Bertz CT molecular complexity index is 264. The van der Waals surface area contributed by atoms with E-state index in [0.717, 1.165) is 0 Å². The molecule has 1 rings (SSSR count). The van der Waals surface area contributed by atoms with Gasteiger partial charge in [0, 0.05) is 7.05 Å². The summed E-state index contributed by atoms with van der Waals surface area (Å²) in [5.74, 6) is -0.0787. The van der Waals surface area contributed by atoms with E-state index in [1.54, 1.807) is 24.9 Å². The smallest absolute Gasteiger partial charge is 0.197 e. The molecule has 0 spiro atoms. The van der Waals surface area contributed by atoms with E-state index in [4.69, 9.17) is 5.73 Å². The highest BCUT2D eigenvalue weighted by atomic mass is 16.1. The van der Waals surface area contributed by atoms with E-state index in [2.05, 4.69) is 4.98 Å². The summed E-state index contributed by atoms with van der Waals surface area (Å²) in [6, 6.07) is -0.453. The van der Waals surface area contributed by atoms with Gasteiger partial charge in [0.15, 0.2) is 5.78 Å². The van der Waals surface area contributed by atoms with Crippen LogP contribution in [0.4, 0.5) is 0 Å². The van der Waals surface area contributed by atoms with Crippen LogP contribution in [0.5, 0.6) is 0 Å². The number of carbonyl (C=O) groups excluding carboxylic acids is 1. The van der Waals surface area contributed by atoms with Gasteiger partial charge >= 0.3 is 0 Å². The summed E-state index contributed by atoms with van der Waals surface area (Å²) in [5, 5.41) is 0. The van der Waals surface area contributed by atoms with Crippen molar-refractivity contribution in [2.45, 2.75) is 13.0 Å². The molecule has 0 radical (unpaired) electrons. The molecule has 1 aromatic heterocycles. The molecule has 0 saturated carbocycles. The van der Waals surface area contributed by atoms with Crippen LogP contribution in [0.3, 0.4) is 0 Å². The third-order valence-electron chi connectivity index (χ3n) is 1.48. The van der Waals surface area contributed by atoms with Crippen LogP contribution in [0.15, 0.2) is 12.5 Å². The monoisotopic (exact) mass is 153 g/mol. The van der Waals surface area contributed by atoms with Gasteiger partial charge in [-0.15, -0.1) is 0 Å². The first-order valence-corrected chi connectivity index (χ1v) is 3.39. The summed E-state index contributed by atoms with van der Waals surface area (Å²) >= 11 is 0. The van der Waals surface area contributed by atoms with Crippen molar-refractivity contribution in [1.29, 1.82) is 0 Å². The maximum absolute atomic E-state index is 11.2. The lowest BCUT2D eigenvalue weighted by Gasteiger charge is -2.03. The number of carbonyl (C=O) groups is 1. The topological polar surface area (TPSA) is 60.9 Å². The Morgan fingerprint density at radius 3 is 2.82 bits per heavy atom. The zero-order valence-corrected chi connectivity index (χ0v) is 6.61. The summed E-state index contributed by atoms with van der Waals surface area (Å²) < 4.78 is 1.66. The predicted molar refractivity (Wildman–Crippen MR) is 41.2 cm³/mol. The van der Waals surface area contributed by atoms with Crippen molar-refractivity contribution in [3.8, 4) is 0 Å². The van der Waals surface area contributed by atoms with Crippen LogP contribution in [0.2, 0.25) is 0 Å². The third kappa shape index (κ3) is 1.46. The number of nitrogens with zero attached hydrogens (tertiary/aromatic N) is 2. The number of nitrogens with two attached hydrogens (primary N) is 1. The van der Waals surface area contributed by atoms with Crippen molar-refractivity contribution in [3.63, 3.8) is 0 Å². The van der Waals surface area contributed by atoms with Gasteiger partial charge < -0.3 is 10.3 Å². The lowest BCUT2D eigenvalue weighted by atomic mass is 10.2. The lowest BCUT2D eigenvalue weighted by Crippen LogP contribution is -2.28. The molecule has 2 N–H and O–H groups in total. The van der Waals surface area contributed by atoms with Gasteiger partial charge in [-0.3, -0.25) is 4.79 Å². The molecule has 1 heterocycles. The molecule has 0 amide bonds. The van der Waals surface area contributed by atoms with Crippen LogP contribution >= 0.6 is 0 Å². The quantitative estimate of drug-likeness (QED) is 0.606. The molecule has 11 heavy (non-hydrogen) atoms. The molecular weight excluding hydrogens is 142 g/mol. The Morgan fingerprint density at radius 1 is 1.82 bits per heavy atom. The van der Waals surface area contributed by atoms with Crippen molar-refractivity contribution in [2.75, 3.05) is 0 Å².